The van der Waals surface area contributed by atoms with Crippen LogP contribution in [0.1, 0.15) is 176 Å². The molecule has 0 radical (unpaired) electrons. The number of hydrogen-bond acceptors (Lipinski definition) is 4. The van der Waals surface area contributed by atoms with Gasteiger partial charge in [0.25, 0.3) is 0 Å². The van der Waals surface area contributed by atoms with Crippen LogP contribution in [0.25, 0.3) is 0 Å². The van der Waals surface area contributed by atoms with Gasteiger partial charge in [-0.1, -0.05) is 116 Å². The Labute approximate surface area is 301 Å². The molecule has 4 aliphatic carbocycles. The van der Waals surface area contributed by atoms with Crippen LogP contribution in [-0.4, -0.2) is 17.3 Å². The van der Waals surface area contributed by atoms with E-state index in [2.05, 4.69) is 70.7 Å². The number of fused-ring (bicyclic) bond motifs is 5. The number of allylic oxidation sites excluding steroid dienone is 6. The largest absolute Gasteiger partial charge is 0.462 e. The quantitative estimate of drug-likeness (QED) is 0.0348. The fourth-order valence-electron chi connectivity index (χ4n) is 11.0. The Morgan fingerprint density at radius 1 is 0.918 bits per heavy atom. The Morgan fingerprint density at radius 2 is 1.69 bits per heavy atom. The second-order valence-corrected chi connectivity index (χ2v) is 17.5. The third-order valence-electron chi connectivity index (χ3n) is 13.8. The lowest BCUT2D eigenvalue weighted by Crippen LogP contribution is -2.51. The van der Waals surface area contributed by atoms with Crippen LogP contribution in [0.3, 0.4) is 0 Å². The average Bonchev–Trinajstić information content (AvgIpc) is 3.43. The highest BCUT2D eigenvalue weighted by molar-refractivity contribution is 5.69. The fourth-order valence-corrected chi connectivity index (χ4v) is 11.0. The predicted octanol–water partition coefficient (Wildman–Crippen LogP) is 13.3. The van der Waals surface area contributed by atoms with Crippen molar-refractivity contribution in [3.05, 3.63) is 47.8 Å². The molecule has 4 nitrogen and oxygen atoms in total. The van der Waals surface area contributed by atoms with E-state index < -0.39 is 0 Å². The van der Waals surface area contributed by atoms with Gasteiger partial charge in [-0.25, -0.2) is 5.26 Å². The lowest BCUT2D eigenvalue weighted by atomic mass is 9.47. The molecular weight excluding hydrogens is 604 g/mol. The smallest absolute Gasteiger partial charge is 0.306 e. The summed E-state index contributed by atoms with van der Waals surface area (Å²) in [6, 6.07) is 0. The van der Waals surface area contributed by atoms with Crippen LogP contribution in [0.5, 0.6) is 0 Å². The normalized spacial score (nSPS) is 32.2. The van der Waals surface area contributed by atoms with E-state index >= 15 is 0 Å². The van der Waals surface area contributed by atoms with Gasteiger partial charge in [0, 0.05) is 19.3 Å². The Hall–Kier alpha value is -1.81. The molecule has 0 saturated heterocycles. The highest BCUT2D eigenvalue weighted by Gasteiger charge is 2.59. The zero-order chi connectivity index (χ0) is 35.3. The summed E-state index contributed by atoms with van der Waals surface area (Å²) in [6.07, 6.45) is 36.8. The highest BCUT2D eigenvalue weighted by atomic mass is 17.1. The van der Waals surface area contributed by atoms with Crippen molar-refractivity contribution in [2.75, 3.05) is 0 Å². The van der Waals surface area contributed by atoms with E-state index in [9.17, 15) is 4.79 Å². The number of rotatable bonds is 20. The van der Waals surface area contributed by atoms with Crippen LogP contribution in [0.15, 0.2) is 47.8 Å². The molecule has 0 spiro atoms. The Kier molecular flexibility index (Phi) is 16.1. The monoisotopic (exact) mass is 679 g/mol. The summed E-state index contributed by atoms with van der Waals surface area (Å²) in [5.41, 5.74) is 2.45. The fraction of sp³-hybridized carbons (Fsp3) is 0.800. The summed E-state index contributed by atoms with van der Waals surface area (Å²) >= 11 is 0. The summed E-state index contributed by atoms with van der Waals surface area (Å²) in [7, 11) is 0. The lowest BCUT2D eigenvalue weighted by molar-refractivity contribution is -0.204. The minimum absolute atomic E-state index is 0.00161. The Balaban J connectivity index is 1.14. The molecule has 0 bridgehead atoms. The standard InChI is InChI=1S/C45H74O4/c1-7-8-9-10-13-16-22-37(49-47)23-17-14-11-12-15-18-24-43(46)48-38-29-31-44(5)36(33-38)25-26-39-41-28-27-40(35(4)21-19-20-34(2)3)45(41,6)32-30-42(39)44/h8-9,13,16,23,25,34-35,38-42,47H,7,10-12,14-15,17-22,24,26-33H2,1-6H3/b9-8-,16-13-,37-23+/t35-,38+,39+,40-,41+,42+,44+,45-/m1/s1. The minimum Gasteiger partial charge on any atom is -0.462 e. The van der Waals surface area contributed by atoms with E-state index in [-0.39, 0.29) is 12.1 Å². The number of ether oxygens (including phenoxy) is 1. The third kappa shape index (κ3) is 10.8. The van der Waals surface area contributed by atoms with Crippen LogP contribution in [0.4, 0.5) is 0 Å². The molecular formula is C45H74O4. The van der Waals surface area contributed by atoms with Crippen molar-refractivity contribution in [3.8, 4) is 0 Å². The van der Waals surface area contributed by atoms with Crippen molar-refractivity contribution in [3.63, 3.8) is 0 Å². The van der Waals surface area contributed by atoms with E-state index in [1.165, 1.54) is 57.8 Å². The molecule has 0 aromatic carbocycles. The molecule has 0 amide bonds. The van der Waals surface area contributed by atoms with Gasteiger partial charge in [-0.3, -0.25) is 4.79 Å². The first kappa shape index (κ1) is 40.0. The minimum atomic E-state index is 0.00161. The van der Waals surface area contributed by atoms with Gasteiger partial charge in [0.05, 0.1) is 0 Å². The van der Waals surface area contributed by atoms with Crippen LogP contribution >= 0.6 is 0 Å². The Bertz CT molecular complexity index is 1130. The second-order valence-electron chi connectivity index (χ2n) is 17.5. The van der Waals surface area contributed by atoms with Gasteiger partial charge in [0.1, 0.15) is 11.9 Å². The van der Waals surface area contributed by atoms with Crippen molar-refractivity contribution in [1.29, 1.82) is 0 Å². The molecule has 1 N–H and O–H groups in total. The van der Waals surface area contributed by atoms with Crippen LogP contribution < -0.4 is 0 Å². The van der Waals surface area contributed by atoms with Crippen molar-refractivity contribution in [2.24, 2.45) is 46.3 Å². The summed E-state index contributed by atoms with van der Waals surface area (Å²) in [5, 5.41) is 9.15. The highest BCUT2D eigenvalue weighted by Crippen LogP contribution is 2.67. The zero-order valence-corrected chi connectivity index (χ0v) is 32.5. The van der Waals surface area contributed by atoms with Gasteiger partial charge in [0.15, 0.2) is 0 Å². The summed E-state index contributed by atoms with van der Waals surface area (Å²) in [5.74, 6) is 5.77. The number of carbonyl (C=O) groups is 1. The van der Waals surface area contributed by atoms with Gasteiger partial charge in [0.2, 0.25) is 0 Å². The van der Waals surface area contributed by atoms with Crippen molar-refractivity contribution in [1.82, 2.24) is 0 Å². The molecule has 4 heteroatoms. The number of hydrogen-bond donors (Lipinski definition) is 1. The van der Waals surface area contributed by atoms with E-state index in [1.54, 1.807) is 5.57 Å². The van der Waals surface area contributed by atoms with Crippen molar-refractivity contribution < 1.29 is 19.7 Å². The second kappa shape index (κ2) is 19.7. The molecule has 0 aromatic rings. The van der Waals surface area contributed by atoms with Gasteiger partial charge in [-0.2, -0.15) is 0 Å². The third-order valence-corrected chi connectivity index (χ3v) is 13.8. The van der Waals surface area contributed by atoms with Crippen molar-refractivity contribution in [2.45, 2.75) is 182 Å². The maximum Gasteiger partial charge on any atom is 0.306 e. The molecule has 4 rings (SSSR count). The van der Waals surface area contributed by atoms with Crippen LogP contribution in [0, 0.1) is 46.3 Å². The van der Waals surface area contributed by atoms with Gasteiger partial charge >= 0.3 is 5.97 Å². The molecule has 8 atom stereocenters. The Morgan fingerprint density at radius 3 is 2.47 bits per heavy atom. The van der Waals surface area contributed by atoms with Gasteiger partial charge in [-0.15, -0.1) is 0 Å². The molecule has 49 heavy (non-hydrogen) atoms. The van der Waals surface area contributed by atoms with Crippen molar-refractivity contribution >= 4 is 5.97 Å². The lowest BCUT2D eigenvalue weighted by Gasteiger charge is -2.58. The number of unbranched alkanes of at least 4 members (excludes halogenated alkanes) is 5. The first-order valence-corrected chi connectivity index (χ1v) is 20.8. The van der Waals surface area contributed by atoms with Crippen LogP contribution in [0.2, 0.25) is 0 Å². The molecule has 3 saturated carbocycles. The van der Waals surface area contributed by atoms with E-state index in [1.807, 2.05) is 12.2 Å². The summed E-state index contributed by atoms with van der Waals surface area (Å²) < 4.78 is 6.10. The van der Waals surface area contributed by atoms with Crippen LogP contribution in [-0.2, 0) is 14.4 Å². The maximum absolute atomic E-state index is 12.8. The summed E-state index contributed by atoms with van der Waals surface area (Å²) in [6.45, 7) is 14.7. The summed E-state index contributed by atoms with van der Waals surface area (Å²) in [4.78, 5) is 17.4. The van der Waals surface area contributed by atoms with Gasteiger partial charge in [-0.05, 0) is 129 Å². The first-order chi connectivity index (χ1) is 23.6. The molecule has 278 valence electrons. The molecule has 0 aliphatic heterocycles. The maximum atomic E-state index is 12.8. The average molecular weight is 679 g/mol. The molecule has 4 aliphatic rings. The molecule has 3 fully saturated rings. The predicted molar refractivity (Wildman–Crippen MR) is 205 cm³/mol. The molecule has 0 aromatic heterocycles. The van der Waals surface area contributed by atoms with E-state index in [0.29, 0.717) is 29.4 Å². The van der Waals surface area contributed by atoms with Gasteiger partial charge < -0.3 is 9.62 Å². The zero-order valence-electron chi connectivity index (χ0n) is 32.5. The molecule has 0 heterocycles. The van der Waals surface area contributed by atoms with E-state index in [4.69, 9.17) is 9.99 Å². The van der Waals surface area contributed by atoms with E-state index in [0.717, 1.165) is 99.7 Å². The molecule has 0 unspecified atom stereocenters. The first-order valence-electron chi connectivity index (χ1n) is 20.8. The number of esters is 1. The number of carbonyl (C=O) groups excluding carboxylic acids is 1. The SMILES string of the molecule is CC/C=C\C/C=C\C/C(=C\CCCCCCCC(=O)O[C@H]1CC[C@@]2(C)C(=CC[C@H]3[C@@H]4CC[C@H]([C@H](C)CCCC(C)C)[C@@]4(C)CC[C@@H]32)C1)OO. The topological polar surface area (TPSA) is 55.8 Å².